The molecule has 0 aromatic carbocycles. The molecule has 0 aliphatic carbocycles. The van der Waals surface area contributed by atoms with E-state index in [0.29, 0.717) is 5.76 Å². The largest absolute Gasteiger partial charge is 0.469 e. The van der Waals surface area contributed by atoms with Gasteiger partial charge in [-0.1, -0.05) is 0 Å². The van der Waals surface area contributed by atoms with E-state index < -0.39 is 17.8 Å². The van der Waals surface area contributed by atoms with Gasteiger partial charge in [-0.05, 0) is 19.1 Å². The highest BCUT2D eigenvalue weighted by Crippen LogP contribution is 2.28. The highest BCUT2D eigenvalue weighted by molar-refractivity contribution is 5.70. The van der Waals surface area contributed by atoms with E-state index in [4.69, 9.17) is 19.7 Å². The number of nitrogens with zero attached hydrogens (tertiary/aromatic N) is 2. The van der Waals surface area contributed by atoms with Gasteiger partial charge in [-0.2, -0.15) is 10.5 Å². The molecule has 0 radical (unpaired) electrons. The Kier molecular flexibility index (Phi) is 4.77. The van der Waals surface area contributed by atoms with Crippen molar-refractivity contribution in [1.82, 2.24) is 0 Å². The standard InChI is InChI=1S/C12H12N2O3/c1-2-16-12(15)6-10(9(7-13)8-14)11-4-3-5-17-11/h3-5,9-10H,2,6H2,1H3. The summed E-state index contributed by atoms with van der Waals surface area (Å²) in [4.78, 5) is 11.4. The number of hydrogen-bond acceptors (Lipinski definition) is 5. The predicted molar refractivity (Wildman–Crippen MR) is 57.4 cm³/mol. The van der Waals surface area contributed by atoms with Crippen molar-refractivity contribution < 1.29 is 13.9 Å². The first-order valence-corrected chi connectivity index (χ1v) is 5.21. The lowest BCUT2D eigenvalue weighted by Crippen LogP contribution is -2.16. The molecular formula is C12H12N2O3. The molecule has 17 heavy (non-hydrogen) atoms. The topological polar surface area (TPSA) is 87.0 Å². The van der Waals surface area contributed by atoms with Crippen LogP contribution in [0.5, 0.6) is 0 Å². The van der Waals surface area contributed by atoms with Crippen molar-refractivity contribution in [3.05, 3.63) is 24.2 Å². The number of rotatable bonds is 5. The van der Waals surface area contributed by atoms with Gasteiger partial charge >= 0.3 is 5.97 Å². The third-order valence-corrected chi connectivity index (χ3v) is 2.28. The molecule has 88 valence electrons. The molecule has 0 amide bonds. The van der Waals surface area contributed by atoms with E-state index in [1.807, 2.05) is 12.1 Å². The first-order chi connectivity index (χ1) is 8.22. The van der Waals surface area contributed by atoms with Crippen molar-refractivity contribution >= 4 is 5.97 Å². The number of furan rings is 1. The summed E-state index contributed by atoms with van der Waals surface area (Å²) in [6, 6.07) is 7.01. The molecule has 5 nitrogen and oxygen atoms in total. The molecule has 1 aromatic heterocycles. The third kappa shape index (κ3) is 3.35. The highest BCUT2D eigenvalue weighted by Gasteiger charge is 2.28. The molecule has 1 unspecified atom stereocenters. The first-order valence-electron chi connectivity index (χ1n) is 5.21. The minimum atomic E-state index is -0.925. The fourth-order valence-electron chi connectivity index (χ4n) is 1.49. The Morgan fingerprint density at radius 1 is 1.53 bits per heavy atom. The highest BCUT2D eigenvalue weighted by atomic mass is 16.5. The van der Waals surface area contributed by atoms with Gasteiger partial charge in [0.15, 0.2) is 0 Å². The van der Waals surface area contributed by atoms with Crippen LogP contribution in [0.2, 0.25) is 0 Å². The zero-order chi connectivity index (χ0) is 12.7. The quantitative estimate of drug-likeness (QED) is 0.724. The molecule has 0 aliphatic heterocycles. The number of carbonyl (C=O) groups is 1. The van der Waals surface area contributed by atoms with Crippen LogP contribution in [0.15, 0.2) is 22.8 Å². The summed E-state index contributed by atoms with van der Waals surface area (Å²) in [5, 5.41) is 17.7. The summed E-state index contributed by atoms with van der Waals surface area (Å²) >= 11 is 0. The van der Waals surface area contributed by atoms with Crippen LogP contribution < -0.4 is 0 Å². The van der Waals surface area contributed by atoms with Crippen molar-refractivity contribution in [3.63, 3.8) is 0 Å². The van der Waals surface area contributed by atoms with Crippen molar-refractivity contribution in [2.24, 2.45) is 5.92 Å². The second-order valence-electron chi connectivity index (χ2n) is 3.37. The second kappa shape index (κ2) is 6.34. The van der Waals surface area contributed by atoms with Crippen LogP contribution in [0.4, 0.5) is 0 Å². The predicted octanol–water partition coefficient (Wildman–Crippen LogP) is 1.98. The normalized spacial score (nSPS) is 11.5. The fourth-order valence-corrected chi connectivity index (χ4v) is 1.49. The van der Waals surface area contributed by atoms with E-state index in [-0.39, 0.29) is 13.0 Å². The Morgan fingerprint density at radius 3 is 2.71 bits per heavy atom. The van der Waals surface area contributed by atoms with Gasteiger partial charge < -0.3 is 9.15 Å². The molecule has 0 aliphatic rings. The molecular weight excluding hydrogens is 220 g/mol. The Balaban J connectivity index is 2.85. The van der Waals surface area contributed by atoms with Crippen LogP contribution in [0.1, 0.15) is 25.0 Å². The maximum atomic E-state index is 11.4. The zero-order valence-corrected chi connectivity index (χ0v) is 9.42. The number of hydrogen-bond donors (Lipinski definition) is 0. The minimum Gasteiger partial charge on any atom is -0.469 e. The average molecular weight is 232 g/mol. The Bertz CT molecular complexity index is 425. The molecule has 1 heterocycles. The summed E-state index contributed by atoms with van der Waals surface area (Å²) < 4.78 is 9.96. The maximum absolute atomic E-state index is 11.4. The van der Waals surface area contributed by atoms with E-state index in [2.05, 4.69) is 0 Å². The molecule has 0 fully saturated rings. The minimum absolute atomic E-state index is 0.0346. The van der Waals surface area contributed by atoms with Crippen LogP contribution in [-0.4, -0.2) is 12.6 Å². The van der Waals surface area contributed by atoms with E-state index in [1.165, 1.54) is 6.26 Å². The summed E-state index contributed by atoms with van der Waals surface area (Å²) in [6.45, 7) is 1.97. The van der Waals surface area contributed by atoms with Gasteiger partial charge in [0.2, 0.25) is 0 Å². The van der Waals surface area contributed by atoms with Gasteiger partial charge in [0.1, 0.15) is 11.7 Å². The molecule has 0 spiro atoms. The summed E-state index contributed by atoms with van der Waals surface area (Å²) in [5.74, 6) is -1.50. The lowest BCUT2D eigenvalue weighted by Gasteiger charge is -2.13. The fraction of sp³-hybridized carbons (Fsp3) is 0.417. The van der Waals surface area contributed by atoms with Gasteiger partial charge in [0.05, 0.1) is 37.3 Å². The van der Waals surface area contributed by atoms with E-state index >= 15 is 0 Å². The van der Waals surface area contributed by atoms with Crippen LogP contribution in [-0.2, 0) is 9.53 Å². The molecule has 0 N–H and O–H groups in total. The van der Waals surface area contributed by atoms with Crippen LogP contribution in [0, 0.1) is 28.6 Å². The summed E-state index contributed by atoms with van der Waals surface area (Å²) in [7, 11) is 0. The SMILES string of the molecule is CCOC(=O)CC(c1ccco1)C(C#N)C#N. The lowest BCUT2D eigenvalue weighted by molar-refractivity contribution is -0.143. The number of esters is 1. The smallest absolute Gasteiger partial charge is 0.306 e. The van der Waals surface area contributed by atoms with Gasteiger partial charge in [-0.3, -0.25) is 4.79 Å². The number of carbonyl (C=O) groups excluding carboxylic acids is 1. The third-order valence-electron chi connectivity index (χ3n) is 2.28. The second-order valence-corrected chi connectivity index (χ2v) is 3.37. The summed E-state index contributed by atoms with van der Waals surface area (Å²) in [5.41, 5.74) is 0. The van der Waals surface area contributed by atoms with Gasteiger partial charge in [0.25, 0.3) is 0 Å². The monoisotopic (exact) mass is 232 g/mol. The van der Waals surface area contributed by atoms with Gasteiger partial charge in [-0.15, -0.1) is 0 Å². The number of nitriles is 2. The molecule has 1 atom stereocenters. The Hall–Kier alpha value is -2.27. The van der Waals surface area contributed by atoms with Crippen molar-refractivity contribution in [3.8, 4) is 12.1 Å². The maximum Gasteiger partial charge on any atom is 0.306 e. The Morgan fingerprint density at radius 2 is 2.24 bits per heavy atom. The average Bonchev–Trinajstić information content (AvgIpc) is 2.83. The van der Waals surface area contributed by atoms with E-state index in [1.54, 1.807) is 19.1 Å². The van der Waals surface area contributed by atoms with Gasteiger partial charge in [-0.25, -0.2) is 0 Å². The number of ether oxygens (including phenoxy) is 1. The van der Waals surface area contributed by atoms with Gasteiger partial charge in [0, 0.05) is 0 Å². The van der Waals surface area contributed by atoms with E-state index in [9.17, 15) is 4.79 Å². The summed E-state index contributed by atoms with van der Waals surface area (Å²) in [6.07, 6.45) is 1.41. The molecule has 0 saturated carbocycles. The molecule has 1 rings (SSSR count). The van der Waals surface area contributed by atoms with Crippen molar-refractivity contribution in [2.75, 3.05) is 6.61 Å². The van der Waals surface area contributed by atoms with Crippen molar-refractivity contribution in [1.29, 1.82) is 10.5 Å². The van der Waals surface area contributed by atoms with E-state index in [0.717, 1.165) is 0 Å². The van der Waals surface area contributed by atoms with Crippen LogP contribution >= 0.6 is 0 Å². The molecule has 0 bridgehead atoms. The molecule has 5 heteroatoms. The first kappa shape index (κ1) is 12.8. The van der Waals surface area contributed by atoms with Crippen LogP contribution in [0.25, 0.3) is 0 Å². The van der Waals surface area contributed by atoms with Crippen LogP contribution in [0.3, 0.4) is 0 Å². The molecule has 0 saturated heterocycles. The Labute approximate surface area is 99.2 Å². The molecule has 1 aromatic rings. The zero-order valence-electron chi connectivity index (χ0n) is 9.42. The lowest BCUT2D eigenvalue weighted by atomic mass is 9.89. The van der Waals surface area contributed by atoms with Crippen molar-refractivity contribution in [2.45, 2.75) is 19.3 Å².